The molecule has 0 radical (unpaired) electrons. The van der Waals surface area contributed by atoms with Crippen LogP contribution < -0.4 is 0 Å². The van der Waals surface area contributed by atoms with Crippen LogP contribution in [0, 0.1) is 0 Å². The van der Waals surface area contributed by atoms with Crippen molar-refractivity contribution in [3.05, 3.63) is 59.5 Å². The Morgan fingerprint density at radius 1 is 1.00 bits per heavy atom. The van der Waals surface area contributed by atoms with Crippen LogP contribution in [0.4, 0.5) is 0 Å². The van der Waals surface area contributed by atoms with Gasteiger partial charge >= 0.3 is 0 Å². The first-order valence-corrected chi connectivity index (χ1v) is 5.81. The van der Waals surface area contributed by atoms with Crippen LogP contribution in [0.1, 0.15) is 0 Å². The number of fused-ring (bicyclic) bond motifs is 1. The molecule has 0 N–H and O–H groups in total. The molecule has 3 heteroatoms. The normalized spacial score (nSPS) is 10.8. The Labute approximate surface area is 102 Å². The number of benzene rings is 1. The second-order valence-corrected chi connectivity index (χ2v) is 4.51. The third-order valence-electron chi connectivity index (χ3n) is 2.59. The average molecular weight is 273 g/mol. The minimum Gasteiger partial charge on any atom is -0.316 e. The molecule has 1 aromatic carbocycles. The van der Waals surface area contributed by atoms with Gasteiger partial charge in [0.15, 0.2) is 0 Å². The van der Waals surface area contributed by atoms with Crippen LogP contribution in [-0.4, -0.2) is 9.55 Å². The molecule has 3 rings (SSSR count). The summed E-state index contributed by atoms with van der Waals surface area (Å²) in [6.45, 7) is 0. The maximum absolute atomic E-state index is 4.03. The molecule has 16 heavy (non-hydrogen) atoms. The summed E-state index contributed by atoms with van der Waals surface area (Å²) in [6, 6.07) is 12.4. The molecule has 0 aliphatic carbocycles. The number of nitrogens with zero attached hydrogens (tertiary/aromatic N) is 2. The Morgan fingerprint density at radius 2 is 1.81 bits per heavy atom. The Bertz CT molecular complexity index is 629. The van der Waals surface area contributed by atoms with Crippen LogP contribution in [-0.2, 0) is 0 Å². The molecule has 2 aromatic heterocycles. The number of aromatic nitrogens is 2. The van der Waals surface area contributed by atoms with Crippen molar-refractivity contribution in [2.24, 2.45) is 0 Å². The average Bonchev–Trinajstić information content (AvgIpc) is 2.73. The van der Waals surface area contributed by atoms with Gasteiger partial charge in [-0.15, -0.1) is 0 Å². The van der Waals surface area contributed by atoms with E-state index in [1.165, 1.54) is 10.9 Å². The monoisotopic (exact) mass is 272 g/mol. The third kappa shape index (κ3) is 1.53. The van der Waals surface area contributed by atoms with E-state index in [2.05, 4.69) is 55.9 Å². The molecule has 0 unspecified atom stereocenters. The Hall–Kier alpha value is -1.61. The Kier molecular flexibility index (Phi) is 2.26. The number of hydrogen-bond donors (Lipinski definition) is 0. The zero-order chi connectivity index (χ0) is 11.0. The van der Waals surface area contributed by atoms with E-state index in [0.29, 0.717) is 0 Å². The van der Waals surface area contributed by atoms with Gasteiger partial charge < -0.3 is 4.57 Å². The molecule has 0 saturated heterocycles. The van der Waals surface area contributed by atoms with Crippen molar-refractivity contribution in [3.8, 4) is 5.69 Å². The molecule has 0 fully saturated rings. The van der Waals surface area contributed by atoms with Crippen molar-refractivity contribution >= 4 is 26.8 Å². The quantitative estimate of drug-likeness (QED) is 0.659. The van der Waals surface area contributed by atoms with E-state index < -0.39 is 0 Å². The van der Waals surface area contributed by atoms with Crippen molar-refractivity contribution in [1.29, 1.82) is 0 Å². The van der Waals surface area contributed by atoms with E-state index in [9.17, 15) is 0 Å². The minimum absolute atomic E-state index is 1.10. The standard InChI is InChI=1S/C13H9BrN2/c14-11-1-2-13-10(9-11)5-8-16(13)12-3-6-15-7-4-12/h1-9H. The molecule has 0 aliphatic heterocycles. The smallest absolute Gasteiger partial charge is 0.0529 e. The van der Waals surface area contributed by atoms with Gasteiger partial charge in [-0.05, 0) is 36.4 Å². The molecule has 2 nitrogen and oxygen atoms in total. The molecular formula is C13H9BrN2. The lowest BCUT2D eigenvalue weighted by atomic mass is 10.2. The van der Waals surface area contributed by atoms with Gasteiger partial charge in [-0.2, -0.15) is 0 Å². The second-order valence-electron chi connectivity index (χ2n) is 3.59. The Balaban J connectivity index is 2.26. The van der Waals surface area contributed by atoms with Crippen molar-refractivity contribution < 1.29 is 0 Å². The summed E-state index contributed by atoms with van der Waals surface area (Å²) in [5.74, 6) is 0. The van der Waals surface area contributed by atoms with Crippen molar-refractivity contribution in [2.45, 2.75) is 0 Å². The summed E-state index contributed by atoms with van der Waals surface area (Å²) in [6.07, 6.45) is 5.69. The molecule has 0 bridgehead atoms. The highest BCUT2D eigenvalue weighted by molar-refractivity contribution is 9.10. The van der Waals surface area contributed by atoms with E-state index >= 15 is 0 Å². The first-order chi connectivity index (χ1) is 7.84. The van der Waals surface area contributed by atoms with Crippen molar-refractivity contribution in [2.75, 3.05) is 0 Å². The highest BCUT2D eigenvalue weighted by Gasteiger charge is 2.02. The van der Waals surface area contributed by atoms with Gasteiger partial charge in [0.1, 0.15) is 0 Å². The molecule has 78 valence electrons. The summed E-state index contributed by atoms with van der Waals surface area (Å²) in [5, 5.41) is 1.23. The molecule has 0 saturated carbocycles. The molecule has 0 amide bonds. The van der Waals surface area contributed by atoms with E-state index in [-0.39, 0.29) is 0 Å². The van der Waals surface area contributed by atoms with Gasteiger partial charge in [0.05, 0.1) is 5.52 Å². The largest absolute Gasteiger partial charge is 0.316 e. The predicted molar refractivity (Wildman–Crippen MR) is 68.8 cm³/mol. The van der Waals surface area contributed by atoms with E-state index in [4.69, 9.17) is 0 Å². The van der Waals surface area contributed by atoms with Crippen LogP contribution in [0.5, 0.6) is 0 Å². The van der Waals surface area contributed by atoms with E-state index in [1.54, 1.807) is 12.4 Å². The zero-order valence-corrected chi connectivity index (χ0v) is 10.1. The van der Waals surface area contributed by atoms with Gasteiger partial charge in [-0.25, -0.2) is 0 Å². The topological polar surface area (TPSA) is 17.8 Å². The van der Waals surface area contributed by atoms with Crippen LogP contribution in [0.25, 0.3) is 16.6 Å². The first-order valence-electron chi connectivity index (χ1n) is 5.01. The van der Waals surface area contributed by atoms with Crippen LogP contribution in [0.15, 0.2) is 59.5 Å². The van der Waals surface area contributed by atoms with Gasteiger partial charge in [-0.1, -0.05) is 15.9 Å². The number of hydrogen-bond acceptors (Lipinski definition) is 1. The van der Waals surface area contributed by atoms with Crippen molar-refractivity contribution in [3.63, 3.8) is 0 Å². The van der Waals surface area contributed by atoms with Crippen LogP contribution in [0.2, 0.25) is 0 Å². The van der Waals surface area contributed by atoms with Crippen LogP contribution >= 0.6 is 15.9 Å². The number of halogens is 1. The summed E-state index contributed by atoms with van der Waals surface area (Å²) in [5.41, 5.74) is 2.33. The SMILES string of the molecule is Brc1ccc2c(ccn2-c2ccncc2)c1. The van der Waals surface area contributed by atoms with Gasteiger partial charge in [0, 0.05) is 34.1 Å². The summed E-state index contributed by atoms with van der Waals surface area (Å²) in [7, 11) is 0. The minimum atomic E-state index is 1.10. The highest BCUT2D eigenvalue weighted by atomic mass is 79.9. The van der Waals surface area contributed by atoms with Gasteiger partial charge in [-0.3, -0.25) is 4.98 Å². The molecule has 3 aromatic rings. The summed E-state index contributed by atoms with van der Waals surface area (Å²) < 4.78 is 3.26. The molecular weight excluding hydrogens is 264 g/mol. The maximum Gasteiger partial charge on any atom is 0.0529 e. The zero-order valence-electron chi connectivity index (χ0n) is 8.47. The van der Waals surface area contributed by atoms with Crippen LogP contribution in [0.3, 0.4) is 0 Å². The van der Waals surface area contributed by atoms with E-state index in [0.717, 1.165) is 10.2 Å². The molecule has 0 atom stereocenters. The highest BCUT2D eigenvalue weighted by Crippen LogP contribution is 2.23. The second kappa shape index (κ2) is 3.76. The molecule has 0 spiro atoms. The molecule has 2 heterocycles. The van der Waals surface area contributed by atoms with E-state index in [1.807, 2.05) is 12.1 Å². The van der Waals surface area contributed by atoms with Gasteiger partial charge in [0.2, 0.25) is 0 Å². The summed E-state index contributed by atoms with van der Waals surface area (Å²) >= 11 is 3.48. The lowest BCUT2D eigenvalue weighted by Crippen LogP contribution is -1.91. The lowest BCUT2D eigenvalue weighted by Gasteiger charge is -2.04. The fourth-order valence-electron chi connectivity index (χ4n) is 1.84. The lowest BCUT2D eigenvalue weighted by molar-refractivity contribution is 1.11. The molecule has 0 aliphatic rings. The number of rotatable bonds is 1. The predicted octanol–water partition coefficient (Wildman–Crippen LogP) is 3.79. The number of pyridine rings is 1. The first kappa shape index (κ1) is 9.60. The summed E-state index contributed by atoms with van der Waals surface area (Å²) in [4.78, 5) is 4.03. The fourth-order valence-corrected chi connectivity index (χ4v) is 2.22. The van der Waals surface area contributed by atoms with Crippen molar-refractivity contribution in [1.82, 2.24) is 9.55 Å². The third-order valence-corrected chi connectivity index (χ3v) is 3.09. The maximum atomic E-state index is 4.03. The Morgan fingerprint density at radius 3 is 2.62 bits per heavy atom. The van der Waals surface area contributed by atoms with Gasteiger partial charge in [0.25, 0.3) is 0 Å². The fraction of sp³-hybridized carbons (Fsp3) is 0.